The van der Waals surface area contributed by atoms with Crippen LogP contribution >= 0.6 is 0 Å². The van der Waals surface area contributed by atoms with Crippen molar-refractivity contribution in [3.63, 3.8) is 0 Å². The maximum atomic E-state index is 12.1. The number of nitrogens with zero attached hydrogens (tertiary/aromatic N) is 1. The highest BCUT2D eigenvalue weighted by atomic mass is 16.4. The minimum Gasteiger partial charge on any atom is -0.475 e. The first-order valence-electron chi connectivity index (χ1n) is 8.99. The molecule has 0 aromatic carbocycles. The number of carboxylic acid groups (broad SMARTS) is 1. The van der Waals surface area contributed by atoms with Crippen molar-refractivity contribution < 1.29 is 24.2 Å². The molecule has 25 heavy (non-hydrogen) atoms. The van der Waals surface area contributed by atoms with Gasteiger partial charge in [-0.25, -0.2) is 4.79 Å². The van der Waals surface area contributed by atoms with Gasteiger partial charge >= 0.3 is 5.97 Å². The van der Waals surface area contributed by atoms with Crippen molar-refractivity contribution in [2.45, 2.75) is 64.0 Å². The number of furan rings is 1. The highest BCUT2D eigenvalue weighted by molar-refractivity contribution is 5.84. The average molecular weight is 349 g/mol. The molecule has 0 saturated carbocycles. The minimum atomic E-state index is -1.10. The maximum absolute atomic E-state index is 12.1. The summed E-state index contributed by atoms with van der Waals surface area (Å²) >= 11 is 0. The molecule has 0 radical (unpaired) electrons. The topological polar surface area (TPSA) is 91.0 Å². The SMILES string of the molecule is CCCCC[C@H](O)C=CC1CCC(=O)N1CCc1ccc(C(=O)O)o1. The van der Waals surface area contributed by atoms with Gasteiger partial charge in [-0.05, 0) is 25.0 Å². The zero-order valence-corrected chi connectivity index (χ0v) is 14.7. The number of likely N-dealkylation sites (tertiary alicyclic amines) is 1. The fraction of sp³-hybridized carbons (Fsp3) is 0.579. The summed E-state index contributed by atoms with van der Waals surface area (Å²) in [4.78, 5) is 24.7. The number of carboxylic acids is 1. The van der Waals surface area contributed by atoms with Gasteiger partial charge in [-0.1, -0.05) is 38.3 Å². The molecule has 1 aliphatic heterocycles. The van der Waals surface area contributed by atoms with E-state index in [-0.39, 0.29) is 17.7 Å². The highest BCUT2D eigenvalue weighted by Crippen LogP contribution is 2.21. The van der Waals surface area contributed by atoms with Gasteiger partial charge in [-0.2, -0.15) is 0 Å². The maximum Gasteiger partial charge on any atom is 0.371 e. The summed E-state index contributed by atoms with van der Waals surface area (Å²) in [5, 5.41) is 18.9. The number of carbonyl (C=O) groups is 2. The lowest BCUT2D eigenvalue weighted by molar-refractivity contribution is -0.128. The van der Waals surface area contributed by atoms with E-state index in [0.717, 1.165) is 32.1 Å². The van der Waals surface area contributed by atoms with Gasteiger partial charge in [0.15, 0.2) is 0 Å². The lowest BCUT2D eigenvalue weighted by atomic mass is 10.1. The molecule has 1 unspecified atom stereocenters. The molecular formula is C19H27NO5. The molecule has 0 spiro atoms. The normalized spacial score (nSPS) is 19.0. The number of aliphatic hydroxyl groups is 1. The van der Waals surface area contributed by atoms with Crippen molar-refractivity contribution in [1.82, 2.24) is 4.90 Å². The second kappa shape index (κ2) is 9.42. The third kappa shape index (κ3) is 5.74. The zero-order valence-electron chi connectivity index (χ0n) is 14.7. The largest absolute Gasteiger partial charge is 0.475 e. The Labute approximate surface area is 148 Å². The van der Waals surface area contributed by atoms with Gasteiger partial charge in [0, 0.05) is 19.4 Å². The molecule has 2 atom stereocenters. The summed E-state index contributed by atoms with van der Waals surface area (Å²) in [7, 11) is 0. The lowest BCUT2D eigenvalue weighted by Gasteiger charge is -2.22. The third-order valence-corrected chi connectivity index (χ3v) is 4.51. The van der Waals surface area contributed by atoms with Crippen LogP contribution in [0.15, 0.2) is 28.7 Å². The number of rotatable bonds is 10. The van der Waals surface area contributed by atoms with Gasteiger partial charge in [0.05, 0.1) is 12.1 Å². The molecule has 0 bridgehead atoms. The lowest BCUT2D eigenvalue weighted by Crippen LogP contribution is -2.33. The number of hydrogen-bond acceptors (Lipinski definition) is 4. The molecule has 1 aromatic rings. The Bertz CT molecular complexity index is 607. The van der Waals surface area contributed by atoms with E-state index < -0.39 is 12.1 Å². The first-order chi connectivity index (χ1) is 12.0. The molecule has 6 heteroatoms. The predicted octanol–water partition coefficient (Wildman–Crippen LogP) is 3.01. The molecule has 1 aromatic heterocycles. The van der Waals surface area contributed by atoms with E-state index >= 15 is 0 Å². The molecule has 0 aliphatic carbocycles. The second-order valence-corrected chi connectivity index (χ2v) is 6.46. The number of hydrogen-bond donors (Lipinski definition) is 2. The standard InChI is InChI=1S/C19H27NO5/c1-2-3-4-5-15(21)8-6-14-7-11-18(22)20(14)13-12-16-9-10-17(25-16)19(23)24/h6,8-10,14-15,21H,2-5,7,11-13H2,1H3,(H,23,24)/t14?,15-/m0/s1. The molecule has 2 heterocycles. The molecule has 2 rings (SSSR count). The Morgan fingerprint density at radius 1 is 1.44 bits per heavy atom. The Morgan fingerprint density at radius 3 is 2.92 bits per heavy atom. The number of amides is 1. The van der Waals surface area contributed by atoms with Crippen LogP contribution in [0.1, 0.15) is 61.8 Å². The Kier molecular flexibility index (Phi) is 7.25. The van der Waals surface area contributed by atoms with Crippen LogP contribution < -0.4 is 0 Å². The van der Waals surface area contributed by atoms with Gasteiger partial charge in [-0.3, -0.25) is 4.79 Å². The summed E-state index contributed by atoms with van der Waals surface area (Å²) < 4.78 is 5.23. The van der Waals surface area contributed by atoms with Crippen LogP contribution in [0.2, 0.25) is 0 Å². The fourth-order valence-electron chi connectivity index (χ4n) is 3.06. The number of carbonyl (C=O) groups excluding carboxylic acids is 1. The van der Waals surface area contributed by atoms with Crippen LogP contribution in [-0.2, 0) is 11.2 Å². The zero-order chi connectivity index (χ0) is 18.2. The summed E-state index contributed by atoms with van der Waals surface area (Å²) in [6.07, 6.45) is 8.95. The van der Waals surface area contributed by atoms with Crippen molar-refractivity contribution in [2.75, 3.05) is 6.54 Å². The van der Waals surface area contributed by atoms with Gasteiger partial charge in [-0.15, -0.1) is 0 Å². The molecule has 1 fully saturated rings. The van der Waals surface area contributed by atoms with Crippen LogP contribution in [-0.4, -0.2) is 45.7 Å². The van der Waals surface area contributed by atoms with Gasteiger partial charge < -0.3 is 19.5 Å². The van der Waals surface area contributed by atoms with E-state index in [2.05, 4.69) is 6.92 Å². The van der Waals surface area contributed by atoms with E-state index in [4.69, 9.17) is 9.52 Å². The molecule has 2 N–H and O–H groups in total. The van der Waals surface area contributed by atoms with Gasteiger partial charge in [0.25, 0.3) is 0 Å². The number of aromatic carboxylic acids is 1. The van der Waals surface area contributed by atoms with E-state index in [0.29, 0.717) is 25.1 Å². The fourth-order valence-corrected chi connectivity index (χ4v) is 3.06. The molecular weight excluding hydrogens is 322 g/mol. The van der Waals surface area contributed by atoms with E-state index in [1.807, 2.05) is 6.08 Å². The number of aliphatic hydroxyl groups excluding tert-OH is 1. The van der Waals surface area contributed by atoms with Crippen molar-refractivity contribution in [3.8, 4) is 0 Å². The van der Waals surface area contributed by atoms with Gasteiger partial charge in [0.2, 0.25) is 11.7 Å². The Balaban J connectivity index is 1.86. The summed E-state index contributed by atoms with van der Waals surface area (Å²) in [5.74, 6) is -0.546. The van der Waals surface area contributed by atoms with E-state index in [1.54, 1.807) is 17.0 Å². The van der Waals surface area contributed by atoms with Crippen LogP contribution in [0.25, 0.3) is 0 Å². The van der Waals surface area contributed by atoms with Crippen LogP contribution in [0.5, 0.6) is 0 Å². The monoisotopic (exact) mass is 349 g/mol. The Morgan fingerprint density at radius 2 is 2.24 bits per heavy atom. The number of unbranched alkanes of at least 4 members (excludes halogenated alkanes) is 2. The Hall–Kier alpha value is -2.08. The minimum absolute atomic E-state index is 0.0118. The summed E-state index contributed by atoms with van der Waals surface area (Å²) in [6, 6.07) is 3.04. The van der Waals surface area contributed by atoms with E-state index in [9.17, 15) is 14.7 Å². The van der Waals surface area contributed by atoms with Crippen molar-refractivity contribution >= 4 is 11.9 Å². The highest BCUT2D eigenvalue weighted by Gasteiger charge is 2.29. The molecule has 1 aliphatic rings. The van der Waals surface area contributed by atoms with E-state index in [1.165, 1.54) is 6.07 Å². The smallest absolute Gasteiger partial charge is 0.371 e. The molecule has 138 valence electrons. The first kappa shape index (κ1) is 19.2. The van der Waals surface area contributed by atoms with Crippen LogP contribution in [0, 0.1) is 0 Å². The third-order valence-electron chi connectivity index (χ3n) is 4.51. The molecule has 1 saturated heterocycles. The summed E-state index contributed by atoms with van der Waals surface area (Å²) in [5.41, 5.74) is 0. The average Bonchev–Trinajstić information content (AvgIpc) is 3.18. The first-order valence-corrected chi connectivity index (χ1v) is 8.99. The molecule has 6 nitrogen and oxygen atoms in total. The van der Waals surface area contributed by atoms with Crippen molar-refractivity contribution in [1.29, 1.82) is 0 Å². The second-order valence-electron chi connectivity index (χ2n) is 6.46. The van der Waals surface area contributed by atoms with Crippen molar-refractivity contribution in [2.24, 2.45) is 0 Å². The molecule has 1 amide bonds. The quantitative estimate of drug-likeness (QED) is 0.500. The van der Waals surface area contributed by atoms with Crippen LogP contribution in [0.3, 0.4) is 0 Å². The predicted molar refractivity (Wildman–Crippen MR) is 93.4 cm³/mol. The van der Waals surface area contributed by atoms with Crippen LogP contribution in [0.4, 0.5) is 0 Å². The summed E-state index contributed by atoms with van der Waals surface area (Å²) in [6.45, 7) is 2.61. The van der Waals surface area contributed by atoms with Gasteiger partial charge in [0.1, 0.15) is 5.76 Å². The van der Waals surface area contributed by atoms with Crippen molar-refractivity contribution in [3.05, 3.63) is 35.8 Å².